The second kappa shape index (κ2) is 10.5. The first-order valence-electron chi connectivity index (χ1n) is 9.39. The quantitative estimate of drug-likeness (QED) is 0.445. The first-order chi connectivity index (χ1) is 15.1. The molecule has 0 aromatic heterocycles. The Labute approximate surface area is 180 Å². The molecule has 0 fully saturated rings. The van der Waals surface area contributed by atoms with Crippen molar-refractivity contribution in [1.82, 2.24) is 5.43 Å². The van der Waals surface area contributed by atoms with Crippen LogP contribution in [0, 0.1) is 11.3 Å². The number of methoxy groups -OCH3 is 2. The van der Waals surface area contributed by atoms with Crippen molar-refractivity contribution >= 4 is 12.1 Å². The molecule has 156 valence electrons. The predicted octanol–water partition coefficient (Wildman–Crippen LogP) is 3.92. The van der Waals surface area contributed by atoms with E-state index in [4.69, 9.17) is 19.5 Å². The van der Waals surface area contributed by atoms with E-state index in [1.54, 1.807) is 36.5 Å². The summed E-state index contributed by atoms with van der Waals surface area (Å²) < 4.78 is 16.1. The lowest BCUT2D eigenvalue weighted by atomic mass is 10.1. The van der Waals surface area contributed by atoms with Crippen LogP contribution >= 0.6 is 0 Å². The number of rotatable bonds is 8. The second-order valence-electron chi connectivity index (χ2n) is 6.47. The number of amides is 1. The number of nitriles is 1. The van der Waals surface area contributed by atoms with E-state index in [2.05, 4.69) is 16.6 Å². The largest absolute Gasteiger partial charge is 0.497 e. The zero-order chi connectivity index (χ0) is 22.1. The fraction of sp³-hybridized carbons (Fsp3) is 0.125. The zero-order valence-electron chi connectivity index (χ0n) is 17.2. The zero-order valence-corrected chi connectivity index (χ0v) is 17.2. The van der Waals surface area contributed by atoms with Crippen LogP contribution in [0.5, 0.6) is 17.2 Å². The normalized spacial score (nSPS) is 10.4. The number of nitrogens with one attached hydrogen (secondary N) is 1. The third kappa shape index (κ3) is 6.08. The number of hydrogen-bond donors (Lipinski definition) is 1. The van der Waals surface area contributed by atoms with Gasteiger partial charge < -0.3 is 14.2 Å². The number of nitrogens with zero attached hydrogens (tertiary/aromatic N) is 2. The van der Waals surface area contributed by atoms with Gasteiger partial charge in [0.15, 0.2) is 0 Å². The summed E-state index contributed by atoms with van der Waals surface area (Å²) in [5.41, 5.74) is 5.25. The summed E-state index contributed by atoms with van der Waals surface area (Å²) in [5.74, 6) is 1.36. The molecule has 3 rings (SSSR count). The Bertz CT molecular complexity index is 1080. The monoisotopic (exact) mass is 415 g/mol. The van der Waals surface area contributed by atoms with Gasteiger partial charge in [0, 0.05) is 11.6 Å². The Hall–Kier alpha value is -4.31. The molecular formula is C24H21N3O4. The van der Waals surface area contributed by atoms with Crippen LogP contribution < -0.4 is 19.6 Å². The molecule has 3 aromatic carbocycles. The molecule has 3 aromatic rings. The first kappa shape index (κ1) is 21.4. The molecule has 0 spiro atoms. The summed E-state index contributed by atoms with van der Waals surface area (Å²) in [6, 6.07) is 21.5. The minimum Gasteiger partial charge on any atom is -0.497 e. The van der Waals surface area contributed by atoms with Crippen LogP contribution in [-0.4, -0.2) is 26.3 Å². The van der Waals surface area contributed by atoms with E-state index in [1.165, 1.54) is 14.2 Å². The van der Waals surface area contributed by atoms with Crippen LogP contribution in [0.2, 0.25) is 0 Å². The number of benzene rings is 3. The van der Waals surface area contributed by atoms with Crippen LogP contribution in [0.25, 0.3) is 0 Å². The number of carbonyl (C=O) groups is 1. The summed E-state index contributed by atoms with van der Waals surface area (Å²) in [6.45, 7) is 0.402. The van der Waals surface area contributed by atoms with E-state index in [0.717, 1.165) is 11.1 Å². The van der Waals surface area contributed by atoms with E-state index in [-0.39, 0.29) is 5.91 Å². The third-order valence-corrected chi connectivity index (χ3v) is 4.36. The van der Waals surface area contributed by atoms with Gasteiger partial charge >= 0.3 is 0 Å². The van der Waals surface area contributed by atoms with Gasteiger partial charge in [-0.15, -0.1) is 0 Å². The second-order valence-corrected chi connectivity index (χ2v) is 6.47. The molecule has 1 amide bonds. The fourth-order valence-corrected chi connectivity index (χ4v) is 2.66. The maximum Gasteiger partial charge on any atom is 0.271 e. The molecule has 0 aliphatic rings. The molecule has 0 bridgehead atoms. The van der Waals surface area contributed by atoms with Crippen molar-refractivity contribution in [2.75, 3.05) is 14.2 Å². The van der Waals surface area contributed by atoms with Crippen molar-refractivity contribution in [3.63, 3.8) is 0 Å². The van der Waals surface area contributed by atoms with Crippen LogP contribution in [-0.2, 0) is 6.61 Å². The molecule has 0 unspecified atom stereocenters. The van der Waals surface area contributed by atoms with Crippen LogP contribution in [0.3, 0.4) is 0 Å². The maximum absolute atomic E-state index is 12.3. The van der Waals surface area contributed by atoms with Gasteiger partial charge in [-0.05, 0) is 59.7 Å². The van der Waals surface area contributed by atoms with Gasteiger partial charge in [-0.3, -0.25) is 4.79 Å². The third-order valence-electron chi connectivity index (χ3n) is 4.36. The van der Waals surface area contributed by atoms with E-state index in [1.807, 2.05) is 36.4 Å². The van der Waals surface area contributed by atoms with Crippen molar-refractivity contribution in [2.45, 2.75) is 6.61 Å². The molecule has 7 heteroatoms. The van der Waals surface area contributed by atoms with Crippen molar-refractivity contribution in [3.8, 4) is 23.3 Å². The van der Waals surface area contributed by atoms with E-state index >= 15 is 0 Å². The number of hydrogen-bond acceptors (Lipinski definition) is 6. The molecule has 0 atom stereocenters. The van der Waals surface area contributed by atoms with Crippen molar-refractivity contribution in [1.29, 1.82) is 5.26 Å². The Morgan fingerprint density at radius 2 is 1.61 bits per heavy atom. The first-order valence-corrected chi connectivity index (χ1v) is 9.39. The predicted molar refractivity (Wildman–Crippen MR) is 117 cm³/mol. The molecule has 0 radical (unpaired) electrons. The molecular weight excluding hydrogens is 394 g/mol. The standard InChI is InChI=1S/C24H21N3O4/c1-29-22-11-20(12-23(13-22)30-2)24(28)27-26-15-18-7-9-21(10-8-18)31-16-19-5-3-17(14-25)4-6-19/h3-13,15H,16H2,1-2H3,(H,27,28). The van der Waals surface area contributed by atoms with Gasteiger partial charge in [-0.2, -0.15) is 10.4 Å². The number of carbonyl (C=O) groups excluding carboxylic acids is 1. The highest BCUT2D eigenvalue weighted by molar-refractivity contribution is 5.95. The molecule has 0 heterocycles. The molecule has 0 saturated carbocycles. The molecule has 0 aliphatic heterocycles. The summed E-state index contributed by atoms with van der Waals surface area (Å²) >= 11 is 0. The van der Waals surface area contributed by atoms with E-state index in [0.29, 0.717) is 35.0 Å². The Morgan fingerprint density at radius 1 is 0.968 bits per heavy atom. The minimum absolute atomic E-state index is 0.375. The molecule has 1 N–H and O–H groups in total. The van der Waals surface area contributed by atoms with Gasteiger partial charge in [-0.1, -0.05) is 12.1 Å². The van der Waals surface area contributed by atoms with Crippen LogP contribution in [0.15, 0.2) is 71.8 Å². The van der Waals surface area contributed by atoms with Crippen LogP contribution in [0.1, 0.15) is 27.0 Å². The summed E-state index contributed by atoms with van der Waals surface area (Å²) in [4.78, 5) is 12.3. The van der Waals surface area contributed by atoms with Gasteiger partial charge in [-0.25, -0.2) is 5.43 Å². The van der Waals surface area contributed by atoms with Crippen LogP contribution in [0.4, 0.5) is 0 Å². The summed E-state index contributed by atoms with van der Waals surface area (Å²) in [6.07, 6.45) is 1.54. The van der Waals surface area contributed by atoms with Crippen molar-refractivity contribution < 1.29 is 19.0 Å². The lowest BCUT2D eigenvalue weighted by molar-refractivity contribution is 0.0954. The van der Waals surface area contributed by atoms with E-state index in [9.17, 15) is 4.79 Å². The Balaban J connectivity index is 1.54. The van der Waals surface area contributed by atoms with Crippen molar-refractivity contribution in [2.24, 2.45) is 5.10 Å². The molecule has 0 aliphatic carbocycles. The highest BCUT2D eigenvalue weighted by Gasteiger charge is 2.09. The Morgan fingerprint density at radius 3 is 2.19 bits per heavy atom. The number of hydrazone groups is 1. The maximum atomic E-state index is 12.3. The summed E-state index contributed by atoms with van der Waals surface area (Å²) in [5, 5.41) is 12.8. The molecule has 31 heavy (non-hydrogen) atoms. The van der Waals surface area contributed by atoms with Gasteiger partial charge in [0.2, 0.25) is 0 Å². The molecule has 0 saturated heterocycles. The summed E-state index contributed by atoms with van der Waals surface area (Å²) in [7, 11) is 3.04. The SMILES string of the molecule is COc1cc(OC)cc(C(=O)NN=Cc2ccc(OCc3ccc(C#N)cc3)cc2)c1. The van der Waals surface area contributed by atoms with Gasteiger partial charge in [0.05, 0.1) is 32.1 Å². The minimum atomic E-state index is -0.379. The highest BCUT2D eigenvalue weighted by Crippen LogP contribution is 2.22. The van der Waals surface area contributed by atoms with Crippen molar-refractivity contribution in [3.05, 3.63) is 89.0 Å². The number of ether oxygens (including phenoxy) is 3. The molecule has 7 nitrogen and oxygen atoms in total. The van der Waals surface area contributed by atoms with Gasteiger partial charge in [0.1, 0.15) is 23.9 Å². The smallest absolute Gasteiger partial charge is 0.271 e. The van der Waals surface area contributed by atoms with Gasteiger partial charge in [0.25, 0.3) is 5.91 Å². The topological polar surface area (TPSA) is 92.9 Å². The Kier molecular flexibility index (Phi) is 7.22. The lowest BCUT2D eigenvalue weighted by Gasteiger charge is -2.07. The average Bonchev–Trinajstić information content (AvgIpc) is 2.83. The average molecular weight is 415 g/mol. The van der Waals surface area contributed by atoms with E-state index < -0.39 is 0 Å². The fourth-order valence-electron chi connectivity index (χ4n) is 2.66. The lowest BCUT2D eigenvalue weighted by Crippen LogP contribution is -2.17. The highest BCUT2D eigenvalue weighted by atomic mass is 16.5.